The highest BCUT2D eigenvalue weighted by atomic mass is 16.2. The maximum atomic E-state index is 11.8. The molecule has 0 aromatic heterocycles. The molecule has 15 heavy (non-hydrogen) atoms. The molecule has 1 fully saturated rings. The maximum Gasteiger partial charge on any atom is 0.242 e. The van der Waals surface area contributed by atoms with Gasteiger partial charge in [0.25, 0.3) is 0 Å². The van der Waals surface area contributed by atoms with Gasteiger partial charge in [-0.1, -0.05) is 13.3 Å². The summed E-state index contributed by atoms with van der Waals surface area (Å²) in [5.74, 6) is 0.0975. The van der Waals surface area contributed by atoms with Gasteiger partial charge in [-0.2, -0.15) is 0 Å². The molecule has 0 aliphatic carbocycles. The van der Waals surface area contributed by atoms with Crippen LogP contribution in [0.1, 0.15) is 39.0 Å². The molecule has 1 unspecified atom stereocenters. The first-order valence-electron chi connectivity index (χ1n) is 5.71. The van der Waals surface area contributed by atoms with Crippen molar-refractivity contribution in [2.24, 2.45) is 0 Å². The van der Waals surface area contributed by atoms with E-state index in [9.17, 15) is 9.59 Å². The first-order chi connectivity index (χ1) is 7.20. The number of likely N-dealkylation sites (tertiary alicyclic amines) is 1. The standard InChI is InChI=1S/C11H20N2O2/c1-3-4-7-10(14)13-8-5-6-9(13)11(15)12-2/h9H,3-8H2,1-2H3,(H,12,15). The van der Waals surface area contributed by atoms with E-state index < -0.39 is 0 Å². The molecule has 0 aromatic rings. The summed E-state index contributed by atoms with van der Waals surface area (Å²) in [6.07, 6.45) is 4.25. The van der Waals surface area contributed by atoms with Crippen LogP contribution in [-0.4, -0.2) is 36.3 Å². The summed E-state index contributed by atoms with van der Waals surface area (Å²) in [6.45, 7) is 2.80. The zero-order valence-electron chi connectivity index (χ0n) is 9.58. The normalized spacial score (nSPS) is 20.4. The third-order valence-electron chi connectivity index (χ3n) is 2.87. The number of rotatable bonds is 4. The molecule has 4 heteroatoms. The van der Waals surface area contributed by atoms with E-state index in [2.05, 4.69) is 12.2 Å². The summed E-state index contributed by atoms with van der Waals surface area (Å²) in [5.41, 5.74) is 0. The number of hydrogen-bond donors (Lipinski definition) is 1. The molecule has 2 amide bonds. The van der Waals surface area contributed by atoms with Crippen LogP contribution in [-0.2, 0) is 9.59 Å². The average Bonchev–Trinajstić information content (AvgIpc) is 2.73. The SMILES string of the molecule is CCCCC(=O)N1CCCC1C(=O)NC. The van der Waals surface area contributed by atoms with E-state index in [0.29, 0.717) is 6.42 Å². The van der Waals surface area contributed by atoms with Crippen molar-refractivity contribution in [3.8, 4) is 0 Å². The smallest absolute Gasteiger partial charge is 0.242 e. The Morgan fingerprint density at radius 3 is 2.80 bits per heavy atom. The van der Waals surface area contributed by atoms with E-state index in [-0.39, 0.29) is 17.9 Å². The van der Waals surface area contributed by atoms with Crippen molar-refractivity contribution in [3.63, 3.8) is 0 Å². The lowest BCUT2D eigenvalue weighted by Gasteiger charge is -2.23. The number of nitrogens with zero attached hydrogens (tertiary/aromatic N) is 1. The fourth-order valence-corrected chi connectivity index (χ4v) is 1.98. The zero-order valence-corrected chi connectivity index (χ0v) is 9.58. The number of carbonyl (C=O) groups excluding carboxylic acids is 2. The third kappa shape index (κ3) is 2.94. The molecule has 0 spiro atoms. The molecule has 1 heterocycles. The van der Waals surface area contributed by atoms with Gasteiger partial charge < -0.3 is 10.2 Å². The largest absolute Gasteiger partial charge is 0.357 e. The second-order valence-electron chi connectivity index (χ2n) is 3.96. The summed E-state index contributed by atoms with van der Waals surface area (Å²) in [5, 5.41) is 2.62. The quantitative estimate of drug-likeness (QED) is 0.753. The van der Waals surface area contributed by atoms with E-state index in [1.165, 1.54) is 0 Å². The van der Waals surface area contributed by atoms with Gasteiger partial charge in [-0.25, -0.2) is 0 Å². The van der Waals surface area contributed by atoms with Crippen molar-refractivity contribution in [1.82, 2.24) is 10.2 Å². The third-order valence-corrected chi connectivity index (χ3v) is 2.87. The molecule has 1 aliphatic rings. The molecule has 1 atom stereocenters. The summed E-state index contributed by atoms with van der Waals surface area (Å²) in [4.78, 5) is 25.0. The van der Waals surface area contributed by atoms with Crippen molar-refractivity contribution in [1.29, 1.82) is 0 Å². The number of likely N-dealkylation sites (N-methyl/N-ethyl adjacent to an activating group) is 1. The molecule has 86 valence electrons. The fraction of sp³-hybridized carbons (Fsp3) is 0.818. The van der Waals surface area contributed by atoms with Crippen LogP contribution in [0, 0.1) is 0 Å². The number of nitrogens with one attached hydrogen (secondary N) is 1. The summed E-state index contributed by atoms with van der Waals surface area (Å²) in [7, 11) is 1.62. The van der Waals surface area contributed by atoms with Crippen molar-refractivity contribution in [3.05, 3.63) is 0 Å². The Morgan fingerprint density at radius 1 is 1.47 bits per heavy atom. The summed E-state index contributed by atoms with van der Waals surface area (Å²) < 4.78 is 0. The van der Waals surface area contributed by atoms with Gasteiger partial charge in [0.2, 0.25) is 11.8 Å². The first kappa shape index (κ1) is 12.0. The molecule has 0 aromatic carbocycles. The van der Waals surface area contributed by atoms with Crippen LogP contribution in [0.25, 0.3) is 0 Å². The van der Waals surface area contributed by atoms with Gasteiger partial charge in [0, 0.05) is 20.0 Å². The zero-order chi connectivity index (χ0) is 11.3. The van der Waals surface area contributed by atoms with Gasteiger partial charge in [0.1, 0.15) is 6.04 Å². The number of carbonyl (C=O) groups is 2. The number of hydrogen-bond acceptors (Lipinski definition) is 2. The van der Waals surface area contributed by atoms with Gasteiger partial charge >= 0.3 is 0 Å². The Bertz CT molecular complexity index is 241. The molecular formula is C11H20N2O2. The van der Waals surface area contributed by atoms with Gasteiger partial charge in [0.05, 0.1) is 0 Å². The Hall–Kier alpha value is -1.06. The first-order valence-corrected chi connectivity index (χ1v) is 5.71. The highest BCUT2D eigenvalue weighted by Gasteiger charge is 2.32. The predicted molar refractivity (Wildman–Crippen MR) is 58.3 cm³/mol. The minimum atomic E-state index is -0.223. The number of amides is 2. The maximum absolute atomic E-state index is 11.8. The molecule has 1 saturated heterocycles. The average molecular weight is 212 g/mol. The molecule has 0 saturated carbocycles. The lowest BCUT2D eigenvalue weighted by molar-refractivity contribution is -0.138. The van der Waals surface area contributed by atoms with Crippen LogP contribution >= 0.6 is 0 Å². The van der Waals surface area contributed by atoms with E-state index in [4.69, 9.17) is 0 Å². The van der Waals surface area contributed by atoms with E-state index >= 15 is 0 Å². The van der Waals surface area contributed by atoms with Crippen molar-refractivity contribution in [2.45, 2.75) is 45.1 Å². The molecule has 1 aliphatic heterocycles. The van der Waals surface area contributed by atoms with Gasteiger partial charge in [-0.05, 0) is 19.3 Å². The fourth-order valence-electron chi connectivity index (χ4n) is 1.98. The highest BCUT2D eigenvalue weighted by Crippen LogP contribution is 2.18. The molecule has 1 rings (SSSR count). The van der Waals surface area contributed by atoms with Gasteiger partial charge in [-0.15, -0.1) is 0 Å². The topological polar surface area (TPSA) is 49.4 Å². The highest BCUT2D eigenvalue weighted by molar-refractivity contribution is 5.88. The van der Waals surface area contributed by atoms with Crippen molar-refractivity contribution >= 4 is 11.8 Å². The van der Waals surface area contributed by atoms with E-state index in [1.807, 2.05) is 0 Å². The molecule has 4 nitrogen and oxygen atoms in total. The summed E-state index contributed by atoms with van der Waals surface area (Å²) >= 11 is 0. The Labute approximate surface area is 91.0 Å². The minimum absolute atomic E-state index is 0.0302. The second kappa shape index (κ2) is 5.73. The molecular weight excluding hydrogens is 192 g/mol. The van der Waals surface area contributed by atoms with Gasteiger partial charge in [0.15, 0.2) is 0 Å². The van der Waals surface area contributed by atoms with Crippen LogP contribution < -0.4 is 5.32 Å². The van der Waals surface area contributed by atoms with Crippen LogP contribution in [0.3, 0.4) is 0 Å². The van der Waals surface area contributed by atoms with E-state index in [1.54, 1.807) is 11.9 Å². The monoisotopic (exact) mass is 212 g/mol. The van der Waals surface area contributed by atoms with Crippen LogP contribution in [0.5, 0.6) is 0 Å². The Balaban J connectivity index is 2.52. The molecule has 1 N–H and O–H groups in total. The van der Waals surface area contributed by atoms with Crippen LogP contribution in [0.4, 0.5) is 0 Å². The van der Waals surface area contributed by atoms with Crippen molar-refractivity contribution < 1.29 is 9.59 Å². The van der Waals surface area contributed by atoms with Crippen LogP contribution in [0.15, 0.2) is 0 Å². The number of unbranched alkanes of at least 4 members (excludes halogenated alkanes) is 1. The Kier molecular flexibility index (Phi) is 4.59. The molecule has 0 radical (unpaired) electrons. The second-order valence-corrected chi connectivity index (χ2v) is 3.96. The Morgan fingerprint density at radius 2 is 2.20 bits per heavy atom. The van der Waals surface area contributed by atoms with Crippen molar-refractivity contribution in [2.75, 3.05) is 13.6 Å². The van der Waals surface area contributed by atoms with E-state index in [0.717, 1.165) is 32.2 Å². The summed E-state index contributed by atoms with van der Waals surface area (Å²) in [6, 6.07) is -0.223. The lowest BCUT2D eigenvalue weighted by Crippen LogP contribution is -2.44. The molecule has 0 bridgehead atoms. The van der Waals surface area contributed by atoms with Crippen LogP contribution in [0.2, 0.25) is 0 Å². The lowest BCUT2D eigenvalue weighted by atomic mass is 10.2. The minimum Gasteiger partial charge on any atom is -0.357 e. The van der Waals surface area contributed by atoms with Gasteiger partial charge in [-0.3, -0.25) is 9.59 Å². The predicted octanol–water partition coefficient (Wildman–Crippen LogP) is 0.914.